The van der Waals surface area contributed by atoms with Gasteiger partial charge in [-0.1, -0.05) is 25.1 Å². The summed E-state index contributed by atoms with van der Waals surface area (Å²) in [6, 6.07) is 6.08. The third kappa shape index (κ3) is 2.10. The first-order chi connectivity index (χ1) is 7.33. The van der Waals surface area contributed by atoms with Gasteiger partial charge < -0.3 is 5.32 Å². The van der Waals surface area contributed by atoms with Gasteiger partial charge in [0.1, 0.15) is 0 Å². The van der Waals surface area contributed by atoms with Crippen molar-refractivity contribution in [2.45, 2.75) is 32.7 Å². The molecule has 1 aromatic rings. The summed E-state index contributed by atoms with van der Waals surface area (Å²) in [6.45, 7) is 3.95. The van der Waals surface area contributed by atoms with Crippen molar-refractivity contribution in [1.82, 2.24) is 5.32 Å². The molecule has 15 heavy (non-hydrogen) atoms. The zero-order valence-electron chi connectivity index (χ0n) is 9.18. The minimum Gasteiger partial charge on any atom is -0.312 e. The van der Waals surface area contributed by atoms with Crippen LogP contribution in [0, 0.1) is 0 Å². The monoisotopic (exact) mass is 203 g/mol. The van der Waals surface area contributed by atoms with E-state index in [4.69, 9.17) is 0 Å². The maximum Gasteiger partial charge on any atom is 0.163 e. The van der Waals surface area contributed by atoms with Gasteiger partial charge in [-0.25, -0.2) is 0 Å². The van der Waals surface area contributed by atoms with Gasteiger partial charge in [-0.15, -0.1) is 0 Å². The molecule has 0 saturated heterocycles. The summed E-state index contributed by atoms with van der Waals surface area (Å²) in [7, 11) is 0. The van der Waals surface area contributed by atoms with E-state index in [0.29, 0.717) is 12.2 Å². The van der Waals surface area contributed by atoms with Crippen molar-refractivity contribution in [1.29, 1.82) is 0 Å². The minimum atomic E-state index is 0.302. The van der Waals surface area contributed by atoms with Gasteiger partial charge in [0.15, 0.2) is 5.78 Å². The first kappa shape index (κ1) is 10.4. The molecule has 1 N–H and O–H groups in total. The van der Waals surface area contributed by atoms with E-state index in [1.165, 1.54) is 11.1 Å². The van der Waals surface area contributed by atoms with Crippen molar-refractivity contribution in [3.8, 4) is 0 Å². The lowest BCUT2D eigenvalue weighted by Gasteiger charge is -2.19. The Balaban J connectivity index is 2.34. The molecule has 1 aliphatic heterocycles. The number of Topliss-reactive ketones (excluding diaryl/α,β-unsaturated/α-hetero) is 1. The number of carbonyl (C=O) groups excluding carboxylic acids is 1. The smallest absolute Gasteiger partial charge is 0.163 e. The van der Waals surface area contributed by atoms with Crippen LogP contribution in [0.2, 0.25) is 0 Å². The summed E-state index contributed by atoms with van der Waals surface area (Å²) in [5.74, 6) is 0.302. The molecule has 2 rings (SSSR count). The second kappa shape index (κ2) is 4.58. The van der Waals surface area contributed by atoms with E-state index in [9.17, 15) is 4.79 Å². The first-order valence-electron chi connectivity index (χ1n) is 5.67. The largest absolute Gasteiger partial charge is 0.312 e. The summed E-state index contributed by atoms with van der Waals surface area (Å²) in [6.07, 6.45) is 2.59. The normalized spacial score (nSPS) is 14.7. The molecule has 0 amide bonds. The van der Waals surface area contributed by atoms with Gasteiger partial charge in [0.05, 0.1) is 0 Å². The molecule has 0 bridgehead atoms. The average molecular weight is 203 g/mol. The van der Waals surface area contributed by atoms with E-state index >= 15 is 0 Å². The van der Waals surface area contributed by atoms with Crippen molar-refractivity contribution in [3.63, 3.8) is 0 Å². The second-order valence-electron chi connectivity index (χ2n) is 4.04. The van der Waals surface area contributed by atoms with Crippen molar-refractivity contribution in [2.75, 3.05) is 6.54 Å². The molecule has 80 valence electrons. The molecular weight excluding hydrogens is 186 g/mol. The lowest BCUT2D eigenvalue weighted by molar-refractivity contribution is 0.0980. The molecule has 0 saturated carbocycles. The molecule has 0 fully saturated rings. The standard InChI is InChI=1S/C13H17NO/c1-2-4-13(15)12-6-3-5-10-9-14-8-7-11(10)12/h3,5-6,14H,2,4,7-9H2,1H3. The van der Waals surface area contributed by atoms with Gasteiger partial charge in [-0.05, 0) is 30.5 Å². The third-order valence-corrected chi connectivity index (χ3v) is 2.92. The van der Waals surface area contributed by atoms with Crippen molar-refractivity contribution < 1.29 is 4.79 Å². The Bertz CT molecular complexity index is 371. The topological polar surface area (TPSA) is 29.1 Å². The van der Waals surface area contributed by atoms with Crippen LogP contribution in [0.4, 0.5) is 0 Å². The minimum absolute atomic E-state index is 0.302. The SMILES string of the molecule is CCCC(=O)c1cccc2c1CCNC2. The molecule has 1 aromatic carbocycles. The fourth-order valence-corrected chi connectivity index (χ4v) is 2.15. The molecule has 2 nitrogen and oxygen atoms in total. The first-order valence-corrected chi connectivity index (χ1v) is 5.67. The quantitative estimate of drug-likeness (QED) is 0.764. The highest BCUT2D eigenvalue weighted by molar-refractivity contribution is 5.97. The fraction of sp³-hybridized carbons (Fsp3) is 0.462. The number of carbonyl (C=O) groups is 1. The number of nitrogens with one attached hydrogen (secondary N) is 1. The lowest BCUT2D eigenvalue weighted by Crippen LogP contribution is -2.25. The Morgan fingerprint density at radius 1 is 1.47 bits per heavy atom. The van der Waals surface area contributed by atoms with Crippen LogP contribution in [-0.4, -0.2) is 12.3 Å². The Kier molecular flexibility index (Phi) is 3.17. The highest BCUT2D eigenvalue weighted by atomic mass is 16.1. The van der Waals surface area contributed by atoms with E-state index in [1.54, 1.807) is 0 Å². The Labute approximate surface area is 90.7 Å². The Morgan fingerprint density at radius 2 is 2.33 bits per heavy atom. The van der Waals surface area contributed by atoms with Crippen LogP contribution in [0.15, 0.2) is 18.2 Å². The summed E-state index contributed by atoms with van der Waals surface area (Å²) in [4.78, 5) is 11.9. The van der Waals surface area contributed by atoms with Crippen LogP contribution in [-0.2, 0) is 13.0 Å². The van der Waals surface area contributed by atoms with E-state index in [0.717, 1.165) is 31.5 Å². The molecule has 0 radical (unpaired) electrons. The van der Waals surface area contributed by atoms with Gasteiger partial charge in [-0.3, -0.25) is 4.79 Å². The fourth-order valence-electron chi connectivity index (χ4n) is 2.15. The van der Waals surface area contributed by atoms with Crippen LogP contribution >= 0.6 is 0 Å². The van der Waals surface area contributed by atoms with Crippen LogP contribution in [0.5, 0.6) is 0 Å². The zero-order chi connectivity index (χ0) is 10.7. The molecule has 0 unspecified atom stereocenters. The number of fused-ring (bicyclic) bond motifs is 1. The van der Waals surface area contributed by atoms with Crippen LogP contribution in [0.1, 0.15) is 41.3 Å². The number of hydrogen-bond donors (Lipinski definition) is 1. The average Bonchev–Trinajstić information content (AvgIpc) is 2.28. The van der Waals surface area contributed by atoms with E-state index in [-0.39, 0.29) is 0 Å². The van der Waals surface area contributed by atoms with Gasteiger partial charge in [-0.2, -0.15) is 0 Å². The summed E-state index contributed by atoms with van der Waals surface area (Å²) in [5, 5.41) is 3.33. The lowest BCUT2D eigenvalue weighted by atomic mass is 9.92. The summed E-state index contributed by atoms with van der Waals surface area (Å²) >= 11 is 0. The van der Waals surface area contributed by atoms with Crippen molar-refractivity contribution in [2.24, 2.45) is 0 Å². The van der Waals surface area contributed by atoms with Crippen LogP contribution in [0.25, 0.3) is 0 Å². The molecule has 1 heterocycles. The predicted octanol–water partition coefficient (Wildman–Crippen LogP) is 2.32. The molecule has 0 aromatic heterocycles. The third-order valence-electron chi connectivity index (χ3n) is 2.92. The number of benzene rings is 1. The predicted molar refractivity (Wildman–Crippen MR) is 61.1 cm³/mol. The van der Waals surface area contributed by atoms with Gasteiger partial charge in [0, 0.05) is 18.5 Å². The molecular formula is C13H17NO. The summed E-state index contributed by atoms with van der Waals surface area (Å²) in [5.41, 5.74) is 3.52. The molecule has 0 spiro atoms. The number of hydrogen-bond acceptors (Lipinski definition) is 2. The van der Waals surface area contributed by atoms with Crippen molar-refractivity contribution >= 4 is 5.78 Å². The summed E-state index contributed by atoms with van der Waals surface area (Å²) < 4.78 is 0. The molecule has 2 heteroatoms. The van der Waals surface area contributed by atoms with Crippen LogP contribution < -0.4 is 5.32 Å². The highest BCUT2D eigenvalue weighted by Gasteiger charge is 2.16. The van der Waals surface area contributed by atoms with E-state index < -0.39 is 0 Å². The maximum atomic E-state index is 11.9. The number of rotatable bonds is 3. The molecule has 1 aliphatic rings. The van der Waals surface area contributed by atoms with Crippen molar-refractivity contribution in [3.05, 3.63) is 34.9 Å². The molecule has 0 atom stereocenters. The van der Waals surface area contributed by atoms with E-state index in [1.807, 2.05) is 12.1 Å². The van der Waals surface area contributed by atoms with Crippen LogP contribution in [0.3, 0.4) is 0 Å². The van der Waals surface area contributed by atoms with E-state index in [2.05, 4.69) is 18.3 Å². The second-order valence-corrected chi connectivity index (χ2v) is 4.04. The van der Waals surface area contributed by atoms with Gasteiger partial charge >= 0.3 is 0 Å². The zero-order valence-corrected chi connectivity index (χ0v) is 9.18. The van der Waals surface area contributed by atoms with Gasteiger partial charge in [0.2, 0.25) is 0 Å². The van der Waals surface area contributed by atoms with Gasteiger partial charge in [0.25, 0.3) is 0 Å². The maximum absolute atomic E-state index is 11.9. The molecule has 0 aliphatic carbocycles. The Morgan fingerprint density at radius 3 is 3.13 bits per heavy atom. The Hall–Kier alpha value is -1.15. The highest BCUT2D eigenvalue weighted by Crippen LogP contribution is 2.20. The number of ketones is 1.